The minimum atomic E-state index is -4.90. The Bertz CT molecular complexity index is 631. The van der Waals surface area contributed by atoms with Crippen LogP contribution in [0.2, 0.25) is 0 Å². The number of aliphatic hydroxyl groups excluding tert-OH is 1. The third-order valence-electron chi connectivity index (χ3n) is 3.55. The molecule has 7 nitrogen and oxygen atoms in total. The van der Waals surface area contributed by atoms with E-state index in [9.17, 15) is 26.7 Å². The van der Waals surface area contributed by atoms with E-state index in [4.69, 9.17) is 4.52 Å². The molecule has 1 aromatic heterocycles. The molecule has 1 aliphatic rings. The molecule has 0 amide bonds. The number of hydrogen-bond acceptors (Lipinski definition) is 6. The van der Waals surface area contributed by atoms with E-state index in [2.05, 4.69) is 10.1 Å². The summed E-state index contributed by atoms with van der Waals surface area (Å²) in [5.41, 5.74) is 0. The highest BCUT2D eigenvalue weighted by atomic mass is 32.2. The Morgan fingerprint density at radius 3 is 2.64 bits per heavy atom. The van der Waals surface area contributed by atoms with Crippen LogP contribution in [0.25, 0.3) is 0 Å². The van der Waals surface area contributed by atoms with Crippen LogP contribution in [-0.4, -0.2) is 52.0 Å². The van der Waals surface area contributed by atoms with Crippen LogP contribution >= 0.6 is 0 Å². The molecule has 1 N–H and O–H groups in total. The molecule has 1 aromatic rings. The Balaban J connectivity index is 2.35. The summed E-state index contributed by atoms with van der Waals surface area (Å²) in [4.78, 5) is 3.95. The Morgan fingerprint density at radius 2 is 2.14 bits per heavy atom. The first-order chi connectivity index (χ1) is 10.1. The number of hydrogen-bond donors (Lipinski definition) is 1. The van der Waals surface area contributed by atoms with Crippen LogP contribution < -0.4 is 0 Å². The molecule has 11 heteroatoms. The van der Waals surface area contributed by atoms with Gasteiger partial charge in [0.15, 0.2) is 11.1 Å². The van der Waals surface area contributed by atoms with Gasteiger partial charge in [0, 0.05) is 19.4 Å². The van der Waals surface area contributed by atoms with Crippen molar-refractivity contribution in [2.45, 2.75) is 50.3 Å². The minimum absolute atomic E-state index is 0.0881. The molecule has 0 spiro atoms. The fourth-order valence-electron chi connectivity index (χ4n) is 2.21. The SMILES string of the molecule is CCc1noc([C@H]2C[C@H](O)CN2S(=O)(=O)[C@@H](C)C(F)(F)F)n1. The molecule has 22 heavy (non-hydrogen) atoms. The molecule has 0 bridgehead atoms. The molecule has 3 atom stereocenters. The highest BCUT2D eigenvalue weighted by molar-refractivity contribution is 7.89. The lowest BCUT2D eigenvalue weighted by molar-refractivity contribution is -0.127. The molecule has 1 fully saturated rings. The van der Waals surface area contributed by atoms with Crippen LogP contribution in [0, 0.1) is 0 Å². The zero-order chi connectivity index (χ0) is 16.7. The molecule has 1 saturated heterocycles. The number of aromatic nitrogens is 2. The quantitative estimate of drug-likeness (QED) is 0.877. The molecule has 2 heterocycles. The van der Waals surface area contributed by atoms with E-state index in [0.29, 0.717) is 23.5 Å². The van der Waals surface area contributed by atoms with Crippen LogP contribution in [0.15, 0.2) is 4.52 Å². The zero-order valence-corrected chi connectivity index (χ0v) is 12.7. The van der Waals surface area contributed by atoms with E-state index in [1.807, 2.05) is 0 Å². The number of halogens is 3. The summed E-state index contributed by atoms with van der Waals surface area (Å²) in [5.74, 6) is 0.212. The van der Waals surface area contributed by atoms with Crippen molar-refractivity contribution in [2.75, 3.05) is 6.54 Å². The second-order valence-electron chi connectivity index (χ2n) is 5.11. The molecule has 0 saturated carbocycles. The lowest BCUT2D eigenvalue weighted by Crippen LogP contribution is -2.44. The molecular weight excluding hydrogens is 327 g/mol. The fourth-order valence-corrected chi connectivity index (χ4v) is 3.86. The van der Waals surface area contributed by atoms with Crippen LogP contribution in [0.5, 0.6) is 0 Å². The van der Waals surface area contributed by atoms with Crippen molar-refractivity contribution >= 4 is 10.0 Å². The smallest absolute Gasteiger partial charge is 0.392 e. The van der Waals surface area contributed by atoms with Gasteiger partial charge >= 0.3 is 6.18 Å². The minimum Gasteiger partial charge on any atom is -0.392 e. The van der Waals surface area contributed by atoms with Gasteiger partial charge in [-0.05, 0) is 6.92 Å². The van der Waals surface area contributed by atoms with Gasteiger partial charge < -0.3 is 9.63 Å². The van der Waals surface area contributed by atoms with Crippen LogP contribution in [-0.2, 0) is 16.4 Å². The maximum absolute atomic E-state index is 12.8. The van der Waals surface area contributed by atoms with Gasteiger partial charge in [-0.15, -0.1) is 0 Å². The third kappa shape index (κ3) is 3.10. The van der Waals surface area contributed by atoms with E-state index in [-0.39, 0.29) is 12.3 Å². The van der Waals surface area contributed by atoms with Gasteiger partial charge in [0.25, 0.3) is 0 Å². The predicted octanol–water partition coefficient (Wildman–Crippen LogP) is 1.02. The normalized spacial score (nSPS) is 25.5. The van der Waals surface area contributed by atoms with Crippen LogP contribution in [0.4, 0.5) is 13.2 Å². The number of aryl methyl sites for hydroxylation is 1. The van der Waals surface area contributed by atoms with Crippen LogP contribution in [0.3, 0.4) is 0 Å². The summed E-state index contributed by atoms with van der Waals surface area (Å²) in [6.45, 7) is 1.89. The fraction of sp³-hybridized carbons (Fsp3) is 0.818. The van der Waals surface area contributed by atoms with E-state index in [1.54, 1.807) is 6.92 Å². The van der Waals surface area contributed by atoms with Crippen molar-refractivity contribution in [3.8, 4) is 0 Å². The number of alkyl halides is 3. The largest absolute Gasteiger partial charge is 0.406 e. The maximum Gasteiger partial charge on any atom is 0.406 e. The first-order valence-electron chi connectivity index (χ1n) is 6.65. The highest BCUT2D eigenvalue weighted by Crippen LogP contribution is 2.38. The number of sulfonamides is 1. The van der Waals surface area contributed by atoms with E-state index in [0.717, 1.165) is 0 Å². The van der Waals surface area contributed by atoms with Crippen molar-refractivity contribution in [1.82, 2.24) is 14.4 Å². The average Bonchev–Trinajstić information content (AvgIpc) is 3.02. The van der Waals surface area contributed by atoms with Crippen molar-refractivity contribution in [3.05, 3.63) is 11.7 Å². The summed E-state index contributed by atoms with van der Waals surface area (Å²) < 4.78 is 68.2. The predicted molar refractivity (Wildman–Crippen MR) is 68.2 cm³/mol. The van der Waals surface area contributed by atoms with Gasteiger partial charge in [0.05, 0.1) is 6.10 Å². The van der Waals surface area contributed by atoms with Crippen molar-refractivity contribution in [1.29, 1.82) is 0 Å². The molecule has 0 aliphatic carbocycles. The van der Waals surface area contributed by atoms with Crippen molar-refractivity contribution in [3.63, 3.8) is 0 Å². The van der Waals surface area contributed by atoms with Gasteiger partial charge in [-0.1, -0.05) is 12.1 Å². The molecule has 2 rings (SSSR count). The molecule has 0 radical (unpaired) electrons. The van der Waals surface area contributed by atoms with E-state index < -0.39 is 40.1 Å². The summed E-state index contributed by atoms with van der Waals surface area (Å²) in [7, 11) is -4.70. The van der Waals surface area contributed by atoms with Gasteiger partial charge in [-0.2, -0.15) is 22.5 Å². The average molecular weight is 343 g/mol. The Labute approximate surface area is 125 Å². The summed E-state index contributed by atoms with van der Waals surface area (Å²) >= 11 is 0. The lowest BCUT2D eigenvalue weighted by atomic mass is 10.2. The summed E-state index contributed by atoms with van der Waals surface area (Å²) in [5, 5.41) is 10.7. The molecule has 0 unspecified atom stereocenters. The summed E-state index contributed by atoms with van der Waals surface area (Å²) in [6, 6.07) is -1.09. The first kappa shape index (κ1) is 17.2. The monoisotopic (exact) mass is 343 g/mol. The third-order valence-corrected chi connectivity index (χ3v) is 5.77. The Morgan fingerprint density at radius 1 is 1.50 bits per heavy atom. The topological polar surface area (TPSA) is 96.5 Å². The molecule has 1 aliphatic heterocycles. The lowest BCUT2D eigenvalue weighted by Gasteiger charge is -2.26. The van der Waals surface area contributed by atoms with Gasteiger partial charge in [0.2, 0.25) is 15.9 Å². The van der Waals surface area contributed by atoms with Crippen molar-refractivity contribution in [2.24, 2.45) is 0 Å². The van der Waals surface area contributed by atoms with Crippen LogP contribution in [0.1, 0.15) is 38.0 Å². The number of nitrogens with zero attached hydrogens (tertiary/aromatic N) is 3. The van der Waals surface area contributed by atoms with Gasteiger partial charge in [-0.3, -0.25) is 0 Å². The zero-order valence-electron chi connectivity index (χ0n) is 11.9. The van der Waals surface area contributed by atoms with E-state index >= 15 is 0 Å². The maximum atomic E-state index is 12.8. The number of rotatable bonds is 4. The number of aliphatic hydroxyl groups is 1. The standard InChI is InChI=1S/C11H16F3N3O4S/c1-3-9-15-10(21-16-9)8-4-7(18)5-17(8)22(19,20)6(2)11(12,13)14/h6-8,18H,3-5H2,1-2H3/t6-,7-,8+/m0/s1. The Hall–Kier alpha value is -1.20. The molecule has 0 aromatic carbocycles. The van der Waals surface area contributed by atoms with Gasteiger partial charge in [-0.25, -0.2) is 8.42 Å². The first-order valence-corrected chi connectivity index (χ1v) is 8.15. The highest BCUT2D eigenvalue weighted by Gasteiger charge is 2.52. The second kappa shape index (κ2) is 5.78. The second-order valence-corrected chi connectivity index (χ2v) is 7.31. The van der Waals surface area contributed by atoms with E-state index in [1.165, 1.54) is 0 Å². The number of β-amino-alcohol motifs (C(OH)–C–C–N with tert-alkyl or cyclic N) is 1. The summed E-state index contributed by atoms with van der Waals surface area (Å²) in [6.07, 6.45) is -5.64. The molecule has 126 valence electrons. The molecular formula is C11H16F3N3O4S. The van der Waals surface area contributed by atoms with Gasteiger partial charge in [0.1, 0.15) is 6.04 Å². The van der Waals surface area contributed by atoms with Crippen molar-refractivity contribution < 1.29 is 31.2 Å². The Kier molecular flexibility index (Phi) is 4.51.